The average molecular weight is 412 g/mol. The molecule has 8 heteroatoms. The SMILES string of the molecule is CCCN(CCC)C(=O)n1cc(Cl)c(S(=O)(=O)c2c(C)cc(C)cc2C)n1. The zero-order valence-electron chi connectivity index (χ0n) is 16.4. The molecule has 0 spiro atoms. The van der Waals surface area contributed by atoms with Gasteiger partial charge in [-0.25, -0.2) is 13.2 Å². The Balaban J connectivity index is 2.51. The number of benzene rings is 1. The molecule has 0 aliphatic rings. The molecule has 148 valence electrons. The number of hydrogen-bond donors (Lipinski definition) is 0. The summed E-state index contributed by atoms with van der Waals surface area (Å²) in [6, 6.07) is 3.24. The summed E-state index contributed by atoms with van der Waals surface area (Å²) in [7, 11) is -3.95. The van der Waals surface area contributed by atoms with Gasteiger partial charge in [-0.1, -0.05) is 43.1 Å². The lowest BCUT2D eigenvalue weighted by Gasteiger charge is -2.20. The monoisotopic (exact) mass is 411 g/mol. The minimum Gasteiger partial charge on any atom is -0.323 e. The number of carbonyl (C=O) groups is 1. The van der Waals surface area contributed by atoms with E-state index >= 15 is 0 Å². The maximum Gasteiger partial charge on any atom is 0.344 e. The van der Waals surface area contributed by atoms with Crippen LogP contribution in [-0.2, 0) is 9.84 Å². The van der Waals surface area contributed by atoms with Gasteiger partial charge in [0.2, 0.25) is 14.9 Å². The van der Waals surface area contributed by atoms with Crippen molar-refractivity contribution in [2.75, 3.05) is 13.1 Å². The molecule has 0 saturated carbocycles. The second kappa shape index (κ2) is 8.44. The Bertz CT molecular complexity index is 922. The van der Waals surface area contributed by atoms with E-state index in [1.54, 1.807) is 30.9 Å². The van der Waals surface area contributed by atoms with E-state index in [1.165, 1.54) is 6.20 Å². The van der Waals surface area contributed by atoms with Crippen molar-refractivity contribution in [3.05, 3.63) is 40.0 Å². The van der Waals surface area contributed by atoms with Gasteiger partial charge >= 0.3 is 6.03 Å². The molecule has 0 saturated heterocycles. The molecule has 1 aromatic heterocycles. The molecule has 0 fully saturated rings. The van der Waals surface area contributed by atoms with E-state index in [2.05, 4.69) is 5.10 Å². The largest absolute Gasteiger partial charge is 0.344 e. The highest BCUT2D eigenvalue weighted by Gasteiger charge is 2.30. The van der Waals surface area contributed by atoms with Crippen molar-refractivity contribution in [3.63, 3.8) is 0 Å². The van der Waals surface area contributed by atoms with Crippen molar-refractivity contribution in [1.82, 2.24) is 14.7 Å². The molecule has 2 aromatic rings. The number of rotatable bonds is 6. The van der Waals surface area contributed by atoms with E-state index in [1.807, 2.05) is 20.8 Å². The molecule has 0 unspecified atom stereocenters. The number of amides is 1. The molecule has 1 heterocycles. The molecular formula is C19H26ClN3O3S. The minimum atomic E-state index is -3.95. The maximum atomic E-state index is 13.2. The zero-order chi connectivity index (χ0) is 20.4. The first-order valence-electron chi connectivity index (χ1n) is 9.00. The first kappa shape index (κ1) is 21.4. The van der Waals surface area contributed by atoms with Crippen LogP contribution >= 0.6 is 11.6 Å². The molecule has 0 atom stereocenters. The van der Waals surface area contributed by atoms with Crippen molar-refractivity contribution in [2.45, 2.75) is 57.4 Å². The van der Waals surface area contributed by atoms with Gasteiger partial charge in [-0.2, -0.15) is 9.78 Å². The van der Waals surface area contributed by atoms with Crippen LogP contribution in [-0.4, -0.2) is 42.2 Å². The highest BCUT2D eigenvalue weighted by molar-refractivity contribution is 7.91. The maximum absolute atomic E-state index is 13.2. The minimum absolute atomic E-state index is 0.0596. The van der Waals surface area contributed by atoms with Crippen LogP contribution in [0.4, 0.5) is 4.79 Å². The highest BCUT2D eigenvalue weighted by Crippen LogP contribution is 2.31. The quantitative estimate of drug-likeness (QED) is 0.706. The van der Waals surface area contributed by atoms with E-state index < -0.39 is 9.84 Å². The second-order valence-corrected chi connectivity index (χ2v) is 8.94. The molecule has 0 aliphatic carbocycles. The van der Waals surface area contributed by atoms with E-state index in [9.17, 15) is 13.2 Å². The number of aryl methyl sites for hydroxylation is 3. The standard InChI is InChI=1S/C19H26ClN3O3S/c1-6-8-22(9-7-2)19(24)23-12-16(20)18(21-23)27(25,26)17-14(4)10-13(3)11-15(17)5/h10-12H,6-9H2,1-5H3. The van der Waals surface area contributed by atoms with Gasteiger partial charge in [-0.3, -0.25) is 0 Å². The van der Waals surface area contributed by atoms with Gasteiger partial charge in [-0.15, -0.1) is 0 Å². The molecule has 0 bridgehead atoms. The molecule has 6 nitrogen and oxygen atoms in total. The summed E-state index contributed by atoms with van der Waals surface area (Å²) in [5.74, 6) is 0. The third kappa shape index (κ3) is 4.35. The topological polar surface area (TPSA) is 72.3 Å². The molecule has 1 aromatic carbocycles. The van der Waals surface area contributed by atoms with Gasteiger partial charge in [-0.05, 0) is 44.7 Å². The molecule has 0 radical (unpaired) electrons. The predicted molar refractivity (Wildman–Crippen MR) is 106 cm³/mol. The van der Waals surface area contributed by atoms with E-state index in [0.717, 1.165) is 23.1 Å². The fourth-order valence-electron chi connectivity index (χ4n) is 3.29. The number of nitrogens with zero attached hydrogens (tertiary/aromatic N) is 3. The molecule has 27 heavy (non-hydrogen) atoms. The average Bonchev–Trinajstić information content (AvgIpc) is 2.95. The van der Waals surface area contributed by atoms with Crippen molar-refractivity contribution >= 4 is 27.5 Å². The lowest BCUT2D eigenvalue weighted by atomic mass is 10.1. The number of hydrogen-bond acceptors (Lipinski definition) is 4. The van der Waals surface area contributed by atoms with Crippen molar-refractivity contribution in [3.8, 4) is 0 Å². The molecule has 2 rings (SSSR count). The normalized spacial score (nSPS) is 11.6. The van der Waals surface area contributed by atoms with Crippen LogP contribution in [0.5, 0.6) is 0 Å². The highest BCUT2D eigenvalue weighted by atomic mass is 35.5. The van der Waals surface area contributed by atoms with Gasteiger partial charge < -0.3 is 4.90 Å². The van der Waals surface area contributed by atoms with Crippen LogP contribution in [0, 0.1) is 20.8 Å². The summed E-state index contributed by atoms with van der Waals surface area (Å²) in [5.41, 5.74) is 2.23. The third-order valence-electron chi connectivity index (χ3n) is 4.22. The lowest BCUT2D eigenvalue weighted by molar-refractivity contribution is 0.196. The molecule has 0 aliphatic heterocycles. The number of sulfone groups is 1. The smallest absolute Gasteiger partial charge is 0.323 e. The van der Waals surface area contributed by atoms with Crippen molar-refractivity contribution in [1.29, 1.82) is 0 Å². The summed E-state index contributed by atoms with van der Waals surface area (Å²) >= 11 is 6.18. The Morgan fingerprint density at radius 2 is 1.63 bits per heavy atom. The Morgan fingerprint density at radius 3 is 2.11 bits per heavy atom. The Hall–Kier alpha value is -1.86. The first-order valence-corrected chi connectivity index (χ1v) is 10.9. The summed E-state index contributed by atoms with van der Waals surface area (Å²) < 4.78 is 27.4. The lowest BCUT2D eigenvalue weighted by Crippen LogP contribution is -2.36. The van der Waals surface area contributed by atoms with Crippen molar-refractivity contribution < 1.29 is 13.2 Å². The van der Waals surface area contributed by atoms with E-state index in [-0.39, 0.29) is 21.0 Å². The zero-order valence-corrected chi connectivity index (χ0v) is 18.0. The van der Waals surface area contributed by atoms with E-state index in [0.29, 0.717) is 24.2 Å². The van der Waals surface area contributed by atoms with Crippen LogP contribution in [0.1, 0.15) is 43.4 Å². The van der Waals surface area contributed by atoms with Crippen LogP contribution in [0.15, 0.2) is 28.3 Å². The number of carbonyl (C=O) groups excluding carboxylic acids is 1. The van der Waals surface area contributed by atoms with Crippen molar-refractivity contribution in [2.24, 2.45) is 0 Å². The van der Waals surface area contributed by atoms with Gasteiger partial charge in [0.15, 0.2) is 0 Å². The second-order valence-electron chi connectivity index (χ2n) is 6.73. The van der Waals surface area contributed by atoms with Gasteiger partial charge in [0, 0.05) is 13.1 Å². The molecule has 1 amide bonds. The van der Waals surface area contributed by atoms with Crippen LogP contribution in [0.2, 0.25) is 5.02 Å². The summed E-state index contributed by atoms with van der Waals surface area (Å²) in [4.78, 5) is 14.5. The van der Waals surface area contributed by atoms with Gasteiger partial charge in [0.25, 0.3) is 0 Å². The Labute approximate surface area is 166 Å². The first-order chi connectivity index (χ1) is 12.6. The van der Waals surface area contributed by atoms with Crippen LogP contribution < -0.4 is 0 Å². The van der Waals surface area contributed by atoms with E-state index in [4.69, 9.17) is 11.6 Å². The Kier molecular flexibility index (Phi) is 6.70. The summed E-state index contributed by atoms with van der Waals surface area (Å²) in [6.07, 6.45) is 2.87. The summed E-state index contributed by atoms with van der Waals surface area (Å²) in [6.45, 7) is 10.5. The Morgan fingerprint density at radius 1 is 1.11 bits per heavy atom. The van der Waals surface area contributed by atoms with Crippen LogP contribution in [0.25, 0.3) is 0 Å². The molecular weight excluding hydrogens is 386 g/mol. The third-order valence-corrected chi connectivity index (χ3v) is 6.60. The number of halogens is 1. The molecule has 0 N–H and O–H groups in total. The predicted octanol–water partition coefficient (Wildman–Crippen LogP) is 4.38. The number of aromatic nitrogens is 2. The van der Waals surface area contributed by atoms with Crippen LogP contribution in [0.3, 0.4) is 0 Å². The fraction of sp³-hybridized carbons (Fsp3) is 0.474. The summed E-state index contributed by atoms with van der Waals surface area (Å²) in [5, 5.41) is 3.70. The van der Waals surface area contributed by atoms with Gasteiger partial charge in [0.05, 0.1) is 16.1 Å². The fourth-order valence-corrected chi connectivity index (χ4v) is 5.39. The van der Waals surface area contributed by atoms with Gasteiger partial charge in [0.1, 0.15) is 0 Å².